The average Bonchev–Trinajstić information content (AvgIpc) is 3.29. The van der Waals surface area contributed by atoms with Gasteiger partial charge in [0.1, 0.15) is 49.3 Å². The van der Waals surface area contributed by atoms with Gasteiger partial charge in [0, 0.05) is 12.8 Å². The summed E-state index contributed by atoms with van der Waals surface area (Å²) in [6.07, 6.45) is 24.7. The monoisotopic (exact) mass is 1010 g/mol. The van der Waals surface area contributed by atoms with Crippen LogP contribution in [0.15, 0.2) is 48.6 Å². The van der Waals surface area contributed by atoms with E-state index < -0.39 is 89.6 Å². The molecule has 1 aliphatic rings. The number of aliphatic hydroxyl groups excluding tert-OH is 5. The van der Waals surface area contributed by atoms with Crippen molar-refractivity contribution in [3.8, 4) is 0 Å². The van der Waals surface area contributed by atoms with Crippen molar-refractivity contribution in [3.05, 3.63) is 48.6 Å². The van der Waals surface area contributed by atoms with Gasteiger partial charge in [-0.3, -0.25) is 23.2 Å². The molecule has 1 fully saturated rings. The lowest BCUT2D eigenvalue weighted by molar-refractivity contribution is -0.216. The minimum atomic E-state index is -5.37. The first-order valence-electron chi connectivity index (χ1n) is 24.8. The van der Waals surface area contributed by atoms with Gasteiger partial charge in [0.2, 0.25) is 0 Å². The molecule has 0 aromatic carbocycles. The summed E-state index contributed by atoms with van der Waals surface area (Å²) >= 11 is 0. The number of carbonyl (C=O) groups is 2. The van der Waals surface area contributed by atoms with Gasteiger partial charge < -0.3 is 54.4 Å². The second-order valence-electron chi connectivity index (χ2n) is 17.3. The Morgan fingerprint density at radius 3 is 1.53 bits per heavy atom. The van der Waals surface area contributed by atoms with Crippen molar-refractivity contribution in [1.29, 1.82) is 0 Å². The van der Waals surface area contributed by atoms with E-state index in [-0.39, 0.29) is 26.1 Å². The van der Waals surface area contributed by atoms with Crippen LogP contribution >= 0.6 is 15.6 Å². The molecule has 68 heavy (non-hydrogen) atoms. The highest BCUT2D eigenvalue weighted by molar-refractivity contribution is 7.47. The molecule has 1 saturated carbocycles. The lowest BCUT2D eigenvalue weighted by Gasteiger charge is -2.43. The Morgan fingerprint density at radius 2 is 0.956 bits per heavy atom. The zero-order valence-corrected chi connectivity index (χ0v) is 42.4. The van der Waals surface area contributed by atoms with Gasteiger partial charge in [0.25, 0.3) is 0 Å². The van der Waals surface area contributed by atoms with Crippen molar-refractivity contribution >= 4 is 27.6 Å². The molecule has 18 nitrogen and oxygen atoms in total. The fourth-order valence-corrected chi connectivity index (χ4v) is 8.66. The number of phosphoric acid groups is 2. The predicted octanol–water partition coefficient (Wildman–Crippen LogP) is 7.88. The molecule has 1 rings (SSSR count). The van der Waals surface area contributed by atoms with Crippen LogP contribution in [0.4, 0.5) is 0 Å². The Balaban J connectivity index is 2.60. The lowest BCUT2D eigenvalue weighted by atomic mass is 9.85. The highest BCUT2D eigenvalue weighted by Gasteiger charge is 2.54. The summed E-state index contributed by atoms with van der Waals surface area (Å²) in [6.45, 7) is 2.32. The maximum atomic E-state index is 12.8. The van der Waals surface area contributed by atoms with E-state index in [0.717, 1.165) is 70.6 Å². The van der Waals surface area contributed by atoms with Crippen LogP contribution in [-0.2, 0) is 46.5 Å². The van der Waals surface area contributed by atoms with E-state index in [9.17, 15) is 49.1 Å². The summed E-state index contributed by atoms with van der Waals surface area (Å²) in [5, 5.41) is 51.2. The number of allylic oxidation sites excluding steroid dienone is 8. The fourth-order valence-electron chi connectivity index (χ4n) is 7.12. The zero-order valence-electron chi connectivity index (χ0n) is 40.6. The molecule has 9 atom stereocenters. The number of carbonyl (C=O) groups excluding carboxylic acids is 2. The van der Waals surface area contributed by atoms with Gasteiger partial charge in [0.15, 0.2) is 6.10 Å². The topological polar surface area (TPSA) is 285 Å². The van der Waals surface area contributed by atoms with Crippen molar-refractivity contribution in [2.45, 2.75) is 217 Å². The summed E-state index contributed by atoms with van der Waals surface area (Å²) in [4.78, 5) is 53.8. The molecule has 9 unspecified atom stereocenters. The molecular formula is C48H86O18P2. The largest absolute Gasteiger partial charge is 0.472 e. The standard InChI is InChI=1S/C48H86O18P2/c1-3-5-7-9-11-13-15-17-19-21-23-25-27-29-31-33-41(50)62-38-40(64-42(51)34-32-30-28-26-24-22-20-18-16-14-12-10-8-6-4-2)37-61-35-39(49)36-63-68(59,60)66-48-45(54)43(52)44(53)47(46(48)55)65-67(56,57)58/h12,14,17-20,24,26,39-40,43-49,52-55H,3-11,13,15-16,21-23,25,27-38H2,1-2H3,(H,59,60)(H2,56,57,58). The molecule has 1 aliphatic carbocycles. The Labute approximate surface area is 405 Å². The number of unbranched alkanes of at least 4 members (excludes halogenated alkanes) is 16. The third kappa shape index (κ3) is 33.5. The molecule has 0 aromatic heterocycles. The molecule has 0 amide bonds. The number of hydrogen-bond donors (Lipinski definition) is 8. The highest BCUT2D eigenvalue weighted by Crippen LogP contribution is 2.48. The van der Waals surface area contributed by atoms with E-state index in [1.54, 1.807) is 0 Å². The SMILES string of the molecule is CCCCCC=CCC=CCC=CCCCCC(=O)OC(COCC(O)COP(=O)(O)OC1C(O)C(O)C(O)C(OP(=O)(O)O)C1O)COC(=O)CCCCCCCC=CCCCCCCCC. The Kier molecular flexibility index (Phi) is 37.1. The van der Waals surface area contributed by atoms with Crippen LogP contribution in [0.2, 0.25) is 0 Å². The van der Waals surface area contributed by atoms with E-state index in [4.69, 9.17) is 33.0 Å². The third-order valence-electron chi connectivity index (χ3n) is 11.0. The molecule has 0 heterocycles. The lowest BCUT2D eigenvalue weighted by Crippen LogP contribution is -2.64. The van der Waals surface area contributed by atoms with Crippen molar-refractivity contribution in [2.75, 3.05) is 26.4 Å². The van der Waals surface area contributed by atoms with Gasteiger partial charge in [-0.2, -0.15) is 0 Å². The number of hydrogen-bond acceptors (Lipinski definition) is 15. The molecule has 0 aliphatic heterocycles. The second kappa shape index (κ2) is 39.5. The van der Waals surface area contributed by atoms with Crippen molar-refractivity contribution in [1.82, 2.24) is 0 Å². The normalized spacial score (nSPS) is 22.1. The zero-order chi connectivity index (χ0) is 50.5. The number of ether oxygens (including phenoxy) is 3. The highest BCUT2D eigenvalue weighted by atomic mass is 31.2. The minimum absolute atomic E-state index is 0.104. The summed E-state index contributed by atoms with van der Waals surface area (Å²) in [5.74, 6) is -1.01. The van der Waals surface area contributed by atoms with E-state index in [0.29, 0.717) is 12.8 Å². The summed E-state index contributed by atoms with van der Waals surface area (Å²) in [5.41, 5.74) is 0. The summed E-state index contributed by atoms with van der Waals surface area (Å²) in [7, 11) is -10.6. The van der Waals surface area contributed by atoms with Gasteiger partial charge in [-0.25, -0.2) is 9.13 Å². The number of rotatable bonds is 42. The molecule has 0 aromatic rings. The molecule has 8 N–H and O–H groups in total. The molecule has 0 radical (unpaired) electrons. The first-order valence-corrected chi connectivity index (χ1v) is 27.9. The van der Waals surface area contributed by atoms with E-state index in [1.807, 2.05) is 0 Å². The molecular weight excluding hydrogens is 926 g/mol. The molecule has 0 bridgehead atoms. The second-order valence-corrected chi connectivity index (χ2v) is 19.9. The quantitative estimate of drug-likeness (QED) is 0.0125. The van der Waals surface area contributed by atoms with Crippen LogP contribution in [0.1, 0.15) is 168 Å². The first-order chi connectivity index (χ1) is 32.5. The fraction of sp³-hybridized carbons (Fsp3) is 0.792. The Hall–Kier alpha value is -2.12. The van der Waals surface area contributed by atoms with Crippen molar-refractivity contribution in [3.63, 3.8) is 0 Å². The van der Waals surface area contributed by atoms with E-state index in [1.165, 1.54) is 57.8 Å². The molecule has 0 spiro atoms. The Morgan fingerprint density at radius 1 is 0.515 bits per heavy atom. The van der Waals surface area contributed by atoms with Crippen molar-refractivity contribution in [2.24, 2.45) is 0 Å². The first kappa shape index (κ1) is 63.9. The predicted molar refractivity (Wildman–Crippen MR) is 258 cm³/mol. The van der Waals surface area contributed by atoms with Gasteiger partial charge in [-0.15, -0.1) is 0 Å². The van der Waals surface area contributed by atoms with Crippen LogP contribution in [-0.4, -0.2) is 127 Å². The van der Waals surface area contributed by atoms with Crippen LogP contribution in [0.3, 0.4) is 0 Å². The smallest absolute Gasteiger partial charge is 0.462 e. The van der Waals surface area contributed by atoms with Gasteiger partial charge in [-0.1, -0.05) is 127 Å². The van der Waals surface area contributed by atoms with Gasteiger partial charge in [0.05, 0.1) is 19.8 Å². The van der Waals surface area contributed by atoms with Gasteiger partial charge >= 0.3 is 27.6 Å². The average molecular weight is 1010 g/mol. The van der Waals surface area contributed by atoms with Crippen LogP contribution < -0.4 is 0 Å². The Bertz CT molecular complexity index is 1520. The molecule has 396 valence electrons. The van der Waals surface area contributed by atoms with Crippen LogP contribution in [0.25, 0.3) is 0 Å². The van der Waals surface area contributed by atoms with Crippen LogP contribution in [0.5, 0.6) is 0 Å². The summed E-state index contributed by atoms with van der Waals surface area (Å²) in [6, 6.07) is 0. The maximum Gasteiger partial charge on any atom is 0.472 e. The molecule has 20 heteroatoms. The van der Waals surface area contributed by atoms with Gasteiger partial charge in [-0.05, 0) is 77.0 Å². The summed E-state index contributed by atoms with van der Waals surface area (Å²) < 4.78 is 54.2. The minimum Gasteiger partial charge on any atom is -0.462 e. The number of phosphoric ester groups is 2. The number of esters is 2. The number of aliphatic hydroxyl groups is 5. The third-order valence-corrected chi connectivity index (χ3v) is 12.5. The van der Waals surface area contributed by atoms with E-state index >= 15 is 0 Å². The van der Waals surface area contributed by atoms with Crippen LogP contribution in [0, 0.1) is 0 Å². The van der Waals surface area contributed by atoms with Crippen molar-refractivity contribution < 1.29 is 86.7 Å². The maximum absolute atomic E-state index is 12.8. The van der Waals surface area contributed by atoms with E-state index in [2.05, 4.69) is 67.0 Å². The molecule has 0 saturated heterocycles.